The quantitative estimate of drug-likeness (QED) is 0.409. The van der Waals surface area contributed by atoms with Gasteiger partial charge in [-0.15, -0.1) is 0 Å². The lowest BCUT2D eigenvalue weighted by Gasteiger charge is -2.42. The molecule has 3 aromatic rings. The first-order valence-corrected chi connectivity index (χ1v) is 14.6. The van der Waals surface area contributed by atoms with Crippen LogP contribution in [0.25, 0.3) is 17.0 Å². The van der Waals surface area contributed by atoms with Crippen LogP contribution in [0.1, 0.15) is 82.5 Å². The third-order valence-electron chi connectivity index (χ3n) is 9.09. The predicted octanol–water partition coefficient (Wildman–Crippen LogP) is 6.34. The largest absolute Gasteiger partial charge is 0.383 e. The minimum Gasteiger partial charge on any atom is -0.383 e. The Bertz CT molecular complexity index is 1410. The molecule has 2 N–H and O–H groups in total. The van der Waals surface area contributed by atoms with Gasteiger partial charge in [0.15, 0.2) is 5.82 Å². The maximum absolute atomic E-state index is 6.16. The van der Waals surface area contributed by atoms with Crippen molar-refractivity contribution in [2.24, 2.45) is 27.2 Å². The molecule has 8 heteroatoms. The molecule has 1 saturated carbocycles. The molecule has 1 fully saturated rings. The van der Waals surface area contributed by atoms with E-state index in [2.05, 4.69) is 57.1 Å². The summed E-state index contributed by atoms with van der Waals surface area (Å²) in [6.07, 6.45) is 22.3. The molecule has 0 aromatic carbocycles. The van der Waals surface area contributed by atoms with Crippen LogP contribution in [0.4, 0.5) is 5.82 Å². The number of nitrogens with zero attached hydrogens (tertiary/aromatic N) is 7. The molecule has 2 aliphatic carbocycles. The van der Waals surface area contributed by atoms with Gasteiger partial charge in [0.05, 0.1) is 17.5 Å². The SMILES string of the molecule is CC1CCC(C2(C)C=NC(=NC3CC=C(c4cnc(N)c(-c5ncccn5)c4)CC3)C(c3ncccn3)C2)CC1. The van der Waals surface area contributed by atoms with Crippen LogP contribution in [-0.2, 0) is 0 Å². The summed E-state index contributed by atoms with van der Waals surface area (Å²) in [5, 5.41) is 0. The molecule has 3 aromatic heterocycles. The number of rotatable bonds is 5. The van der Waals surface area contributed by atoms with E-state index in [4.69, 9.17) is 15.7 Å². The van der Waals surface area contributed by atoms with Crippen molar-refractivity contribution in [1.82, 2.24) is 24.9 Å². The highest BCUT2D eigenvalue weighted by molar-refractivity contribution is 5.98. The zero-order valence-corrected chi connectivity index (χ0v) is 23.4. The maximum atomic E-state index is 6.16. The number of hydrogen-bond acceptors (Lipinski definition) is 7. The zero-order valence-electron chi connectivity index (χ0n) is 23.4. The molecule has 0 bridgehead atoms. The second-order valence-electron chi connectivity index (χ2n) is 12.0. The van der Waals surface area contributed by atoms with Gasteiger partial charge in [-0.25, -0.2) is 29.9 Å². The van der Waals surface area contributed by atoms with Crippen LogP contribution >= 0.6 is 0 Å². The number of nitrogen functional groups attached to an aromatic ring is 1. The first-order valence-electron chi connectivity index (χ1n) is 14.6. The average molecular weight is 535 g/mol. The molecular formula is C32H38N8. The number of anilines is 1. The van der Waals surface area contributed by atoms with Crippen molar-refractivity contribution in [2.45, 2.75) is 77.2 Å². The van der Waals surface area contributed by atoms with Crippen LogP contribution < -0.4 is 5.73 Å². The smallest absolute Gasteiger partial charge is 0.162 e. The van der Waals surface area contributed by atoms with Gasteiger partial charge in [-0.2, -0.15) is 0 Å². The van der Waals surface area contributed by atoms with Crippen LogP contribution in [0.2, 0.25) is 0 Å². The summed E-state index contributed by atoms with van der Waals surface area (Å²) in [5.74, 6) is 4.26. The van der Waals surface area contributed by atoms with Crippen LogP contribution in [0.15, 0.2) is 65.2 Å². The highest BCUT2D eigenvalue weighted by atomic mass is 15.0. The molecule has 3 atom stereocenters. The van der Waals surface area contributed by atoms with E-state index in [0.717, 1.165) is 54.4 Å². The number of amidine groups is 1. The first-order chi connectivity index (χ1) is 19.5. The van der Waals surface area contributed by atoms with Crippen molar-refractivity contribution >= 4 is 23.4 Å². The normalized spacial score (nSPS) is 29.8. The lowest BCUT2D eigenvalue weighted by Crippen LogP contribution is -2.39. The minimum absolute atomic E-state index is 0.0238. The number of aliphatic imine (C=N–C) groups is 2. The standard InChI is InChI=1S/C32H38N8/c1-21-5-9-24(10-6-21)32(2)18-27(30-36-15-4-16-37-30)31(39-20-32)40-25-11-7-22(8-12-25)23-17-26(28(33)38-19-23)29-34-13-3-14-35-29/h3-4,7,13-17,19-21,24-25,27H,5-6,8-12,18H2,1-2H3,(H2,33,38). The minimum atomic E-state index is 0.0238. The highest BCUT2D eigenvalue weighted by Gasteiger charge is 2.42. The Labute approximate surface area is 236 Å². The molecule has 40 heavy (non-hydrogen) atoms. The number of nitrogens with two attached hydrogens (primary N) is 1. The summed E-state index contributed by atoms with van der Waals surface area (Å²) in [6, 6.07) is 5.91. The Hall–Kier alpha value is -3.81. The second-order valence-corrected chi connectivity index (χ2v) is 12.0. The van der Waals surface area contributed by atoms with Crippen molar-refractivity contribution in [2.75, 3.05) is 5.73 Å². The lowest BCUT2D eigenvalue weighted by atomic mass is 9.64. The Balaban J connectivity index is 1.23. The van der Waals surface area contributed by atoms with Gasteiger partial charge < -0.3 is 5.73 Å². The summed E-state index contributed by atoms with van der Waals surface area (Å²) < 4.78 is 0. The summed E-state index contributed by atoms with van der Waals surface area (Å²) >= 11 is 0. The van der Waals surface area contributed by atoms with E-state index >= 15 is 0 Å². The van der Waals surface area contributed by atoms with Crippen molar-refractivity contribution < 1.29 is 0 Å². The molecular weight excluding hydrogens is 496 g/mol. The van der Waals surface area contributed by atoms with E-state index in [1.54, 1.807) is 18.5 Å². The molecule has 206 valence electrons. The fourth-order valence-corrected chi connectivity index (χ4v) is 6.55. The van der Waals surface area contributed by atoms with E-state index in [0.29, 0.717) is 17.6 Å². The molecule has 0 spiro atoms. The lowest BCUT2D eigenvalue weighted by molar-refractivity contribution is 0.170. The summed E-state index contributed by atoms with van der Waals surface area (Å²) in [6.45, 7) is 4.76. The molecule has 8 nitrogen and oxygen atoms in total. The molecule has 3 unspecified atom stereocenters. The average Bonchev–Trinajstić information content (AvgIpc) is 3.00. The van der Waals surface area contributed by atoms with Crippen molar-refractivity contribution in [3.8, 4) is 11.4 Å². The fraction of sp³-hybridized carbons (Fsp3) is 0.469. The van der Waals surface area contributed by atoms with Gasteiger partial charge >= 0.3 is 0 Å². The molecule has 3 aliphatic rings. The predicted molar refractivity (Wildman–Crippen MR) is 160 cm³/mol. The fourth-order valence-electron chi connectivity index (χ4n) is 6.55. The van der Waals surface area contributed by atoms with E-state index in [-0.39, 0.29) is 17.4 Å². The van der Waals surface area contributed by atoms with Crippen LogP contribution in [0, 0.1) is 17.3 Å². The summed E-state index contributed by atoms with van der Waals surface area (Å²) in [4.78, 5) is 32.7. The Morgan fingerprint density at radius 1 is 0.925 bits per heavy atom. The Kier molecular flexibility index (Phi) is 7.50. The summed E-state index contributed by atoms with van der Waals surface area (Å²) in [7, 11) is 0. The molecule has 0 radical (unpaired) electrons. The first kappa shape index (κ1) is 26.4. The van der Waals surface area contributed by atoms with E-state index in [9.17, 15) is 0 Å². The van der Waals surface area contributed by atoms with E-state index in [1.807, 2.05) is 24.7 Å². The number of pyridine rings is 1. The van der Waals surface area contributed by atoms with Crippen LogP contribution in [0.3, 0.4) is 0 Å². The van der Waals surface area contributed by atoms with Crippen molar-refractivity contribution in [1.29, 1.82) is 0 Å². The van der Waals surface area contributed by atoms with Crippen LogP contribution in [0.5, 0.6) is 0 Å². The van der Waals surface area contributed by atoms with Gasteiger partial charge in [-0.1, -0.05) is 32.8 Å². The Morgan fingerprint density at radius 2 is 1.65 bits per heavy atom. The summed E-state index contributed by atoms with van der Waals surface area (Å²) in [5.41, 5.74) is 9.29. The zero-order chi connectivity index (χ0) is 27.5. The third-order valence-corrected chi connectivity index (χ3v) is 9.09. The number of allylic oxidation sites excluding steroid dienone is 1. The molecule has 4 heterocycles. The van der Waals surface area contributed by atoms with E-state index < -0.39 is 0 Å². The molecule has 6 rings (SSSR count). The molecule has 0 amide bonds. The maximum Gasteiger partial charge on any atom is 0.162 e. The number of aromatic nitrogens is 5. The topological polar surface area (TPSA) is 115 Å². The van der Waals surface area contributed by atoms with Gasteiger partial charge in [0.1, 0.15) is 17.5 Å². The highest BCUT2D eigenvalue weighted by Crippen LogP contribution is 2.46. The monoisotopic (exact) mass is 534 g/mol. The second kappa shape index (κ2) is 11.4. The van der Waals surface area contributed by atoms with Gasteiger partial charge in [0, 0.05) is 42.6 Å². The number of hydrogen-bond donors (Lipinski definition) is 1. The van der Waals surface area contributed by atoms with Crippen molar-refractivity contribution in [3.63, 3.8) is 0 Å². The molecule has 1 aliphatic heterocycles. The van der Waals surface area contributed by atoms with Gasteiger partial charge in [-0.3, -0.25) is 4.99 Å². The van der Waals surface area contributed by atoms with Gasteiger partial charge in [0.25, 0.3) is 0 Å². The van der Waals surface area contributed by atoms with Crippen molar-refractivity contribution in [3.05, 3.63) is 66.6 Å². The van der Waals surface area contributed by atoms with Gasteiger partial charge in [0.2, 0.25) is 0 Å². The van der Waals surface area contributed by atoms with Gasteiger partial charge in [-0.05, 0) is 79.7 Å². The van der Waals surface area contributed by atoms with E-state index in [1.165, 1.54) is 31.3 Å². The Morgan fingerprint density at radius 3 is 2.35 bits per heavy atom. The third kappa shape index (κ3) is 5.58. The van der Waals surface area contributed by atoms with Crippen LogP contribution in [-0.4, -0.2) is 43.0 Å². The molecule has 0 saturated heterocycles.